The molecule has 0 saturated heterocycles. The van der Waals surface area contributed by atoms with Gasteiger partial charge in [0.2, 0.25) is 11.8 Å². The number of carbonyl (C=O) groups is 2. The molecular weight excluding hydrogens is 264 g/mol. The number of rotatable bonds is 3. The highest BCUT2D eigenvalue weighted by molar-refractivity contribution is 6.09. The first-order chi connectivity index (χ1) is 10.2. The maximum absolute atomic E-state index is 12.6. The Morgan fingerprint density at radius 3 is 2.48 bits per heavy atom. The van der Waals surface area contributed by atoms with Crippen LogP contribution in [0.2, 0.25) is 0 Å². The maximum Gasteiger partial charge on any atom is 0.240 e. The van der Waals surface area contributed by atoms with Crippen molar-refractivity contribution in [3.05, 3.63) is 65.7 Å². The summed E-state index contributed by atoms with van der Waals surface area (Å²) in [6, 6.07) is 17.4. The number of nitrogens with two attached hydrogens (primary N) is 1. The number of primary amides is 1. The van der Waals surface area contributed by atoms with Crippen LogP contribution in [-0.4, -0.2) is 11.8 Å². The summed E-state index contributed by atoms with van der Waals surface area (Å²) >= 11 is 0. The number of fused-ring (bicyclic) bond motifs is 1. The summed E-state index contributed by atoms with van der Waals surface area (Å²) in [6.45, 7) is 0.445. The molecule has 4 nitrogen and oxygen atoms in total. The fourth-order valence-electron chi connectivity index (χ4n) is 2.71. The molecule has 3 rings (SSSR count). The zero-order chi connectivity index (χ0) is 14.8. The number of nitrogens with zero attached hydrogens (tertiary/aromatic N) is 1. The van der Waals surface area contributed by atoms with Gasteiger partial charge in [-0.3, -0.25) is 9.59 Å². The highest BCUT2D eigenvalue weighted by Crippen LogP contribution is 2.31. The SMILES string of the molecule is NC(=O)C1Cc2ccccc2N(Cc2ccccc2)C1=O. The van der Waals surface area contributed by atoms with E-state index in [2.05, 4.69) is 0 Å². The molecule has 1 unspecified atom stereocenters. The maximum atomic E-state index is 12.6. The van der Waals surface area contributed by atoms with Gasteiger partial charge in [0.25, 0.3) is 0 Å². The molecule has 106 valence electrons. The lowest BCUT2D eigenvalue weighted by atomic mass is 9.91. The number of benzene rings is 2. The van der Waals surface area contributed by atoms with E-state index in [9.17, 15) is 9.59 Å². The van der Waals surface area contributed by atoms with Gasteiger partial charge in [-0.05, 0) is 23.6 Å². The van der Waals surface area contributed by atoms with Gasteiger partial charge in [-0.2, -0.15) is 0 Å². The van der Waals surface area contributed by atoms with Crippen molar-refractivity contribution in [1.82, 2.24) is 0 Å². The highest BCUT2D eigenvalue weighted by atomic mass is 16.2. The largest absolute Gasteiger partial charge is 0.369 e. The molecule has 0 aliphatic carbocycles. The summed E-state index contributed by atoms with van der Waals surface area (Å²) in [4.78, 5) is 25.8. The summed E-state index contributed by atoms with van der Waals surface area (Å²) in [5.74, 6) is -1.55. The average Bonchev–Trinajstić information content (AvgIpc) is 2.50. The van der Waals surface area contributed by atoms with Crippen LogP contribution in [0.5, 0.6) is 0 Å². The monoisotopic (exact) mass is 280 g/mol. The second-order valence-electron chi connectivity index (χ2n) is 5.20. The normalized spacial score (nSPS) is 17.4. The van der Waals surface area contributed by atoms with Crippen molar-refractivity contribution in [3.8, 4) is 0 Å². The predicted octanol–water partition coefficient (Wildman–Crippen LogP) is 1.88. The zero-order valence-electron chi connectivity index (χ0n) is 11.5. The Hall–Kier alpha value is -2.62. The van der Waals surface area contributed by atoms with E-state index in [1.807, 2.05) is 54.6 Å². The predicted molar refractivity (Wildman–Crippen MR) is 80.5 cm³/mol. The number of hydrogen-bond acceptors (Lipinski definition) is 2. The van der Waals surface area contributed by atoms with Crippen molar-refractivity contribution in [1.29, 1.82) is 0 Å². The molecule has 0 spiro atoms. The lowest BCUT2D eigenvalue weighted by Crippen LogP contribution is -2.46. The fraction of sp³-hybridized carbons (Fsp3) is 0.176. The van der Waals surface area contributed by atoms with Crippen LogP contribution in [0.25, 0.3) is 0 Å². The third kappa shape index (κ3) is 2.52. The van der Waals surface area contributed by atoms with Crippen molar-refractivity contribution in [2.24, 2.45) is 11.7 Å². The highest BCUT2D eigenvalue weighted by Gasteiger charge is 2.35. The van der Waals surface area contributed by atoms with Crippen LogP contribution in [0.1, 0.15) is 11.1 Å². The molecule has 1 aliphatic rings. The van der Waals surface area contributed by atoms with E-state index >= 15 is 0 Å². The third-order valence-electron chi connectivity index (χ3n) is 3.80. The average molecular weight is 280 g/mol. The van der Waals surface area contributed by atoms with Crippen LogP contribution in [0.4, 0.5) is 5.69 Å². The van der Waals surface area contributed by atoms with E-state index in [-0.39, 0.29) is 5.91 Å². The minimum absolute atomic E-state index is 0.218. The second-order valence-corrected chi connectivity index (χ2v) is 5.20. The molecule has 0 fully saturated rings. The summed E-state index contributed by atoms with van der Waals surface area (Å²) in [5.41, 5.74) is 8.25. The van der Waals surface area contributed by atoms with Crippen molar-refractivity contribution in [2.75, 3.05) is 4.90 Å². The van der Waals surface area contributed by atoms with E-state index < -0.39 is 11.8 Å². The van der Waals surface area contributed by atoms with E-state index in [0.29, 0.717) is 13.0 Å². The first kappa shape index (κ1) is 13.4. The first-order valence-corrected chi connectivity index (χ1v) is 6.89. The minimum Gasteiger partial charge on any atom is -0.369 e. The Labute approximate surface area is 123 Å². The molecule has 1 aliphatic heterocycles. The summed E-state index contributed by atoms with van der Waals surface area (Å²) in [5, 5.41) is 0. The number of carbonyl (C=O) groups excluding carboxylic acids is 2. The molecule has 2 aromatic rings. The molecule has 0 aromatic heterocycles. The zero-order valence-corrected chi connectivity index (χ0v) is 11.5. The minimum atomic E-state index is -0.774. The molecule has 2 N–H and O–H groups in total. The quantitative estimate of drug-likeness (QED) is 0.872. The van der Waals surface area contributed by atoms with Crippen molar-refractivity contribution in [3.63, 3.8) is 0 Å². The smallest absolute Gasteiger partial charge is 0.240 e. The molecule has 2 aromatic carbocycles. The van der Waals surface area contributed by atoms with Crippen LogP contribution >= 0.6 is 0 Å². The van der Waals surface area contributed by atoms with Gasteiger partial charge in [-0.1, -0.05) is 48.5 Å². The Balaban J connectivity index is 2.00. The van der Waals surface area contributed by atoms with Gasteiger partial charge >= 0.3 is 0 Å². The van der Waals surface area contributed by atoms with Gasteiger partial charge in [-0.25, -0.2) is 0 Å². The molecule has 21 heavy (non-hydrogen) atoms. The van der Waals surface area contributed by atoms with Crippen molar-refractivity contribution in [2.45, 2.75) is 13.0 Å². The lowest BCUT2D eigenvalue weighted by Gasteiger charge is -2.33. The van der Waals surface area contributed by atoms with Gasteiger partial charge in [0, 0.05) is 5.69 Å². The number of amides is 2. The Bertz CT molecular complexity index is 682. The topological polar surface area (TPSA) is 63.4 Å². The third-order valence-corrected chi connectivity index (χ3v) is 3.80. The van der Waals surface area contributed by atoms with Crippen LogP contribution in [0.15, 0.2) is 54.6 Å². The fourth-order valence-corrected chi connectivity index (χ4v) is 2.71. The van der Waals surface area contributed by atoms with E-state index in [0.717, 1.165) is 16.8 Å². The van der Waals surface area contributed by atoms with Crippen molar-refractivity contribution < 1.29 is 9.59 Å². The molecule has 4 heteroatoms. The van der Waals surface area contributed by atoms with Crippen molar-refractivity contribution >= 4 is 17.5 Å². The van der Waals surface area contributed by atoms with E-state index in [4.69, 9.17) is 5.73 Å². The summed E-state index contributed by atoms with van der Waals surface area (Å²) in [6.07, 6.45) is 0.385. The molecule has 1 atom stereocenters. The Kier molecular flexibility index (Phi) is 3.44. The van der Waals surface area contributed by atoms with Gasteiger partial charge in [-0.15, -0.1) is 0 Å². The van der Waals surface area contributed by atoms with Gasteiger partial charge in [0.1, 0.15) is 5.92 Å². The molecule has 0 saturated carbocycles. The second kappa shape index (κ2) is 5.40. The Morgan fingerprint density at radius 2 is 1.76 bits per heavy atom. The van der Waals surface area contributed by atoms with Crippen LogP contribution in [0.3, 0.4) is 0 Å². The van der Waals surface area contributed by atoms with Gasteiger partial charge in [0.15, 0.2) is 0 Å². The number of anilines is 1. The lowest BCUT2D eigenvalue weighted by molar-refractivity contribution is -0.132. The summed E-state index contributed by atoms with van der Waals surface area (Å²) in [7, 11) is 0. The van der Waals surface area contributed by atoms with E-state index in [1.165, 1.54) is 0 Å². The van der Waals surface area contributed by atoms with E-state index in [1.54, 1.807) is 4.90 Å². The molecule has 0 bridgehead atoms. The number of hydrogen-bond donors (Lipinski definition) is 1. The molecular formula is C17H16N2O2. The summed E-state index contributed by atoms with van der Waals surface area (Å²) < 4.78 is 0. The standard InChI is InChI=1S/C17H16N2O2/c18-16(20)14-10-13-8-4-5-9-15(13)19(17(14)21)11-12-6-2-1-3-7-12/h1-9,14H,10-11H2,(H2,18,20). The van der Waals surface area contributed by atoms with Crippen LogP contribution in [0, 0.1) is 5.92 Å². The molecule has 0 radical (unpaired) electrons. The molecule has 2 amide bonds. The van der Waals surface area contributed by atoms with Gasteiger partial charge < -0.3 is 10.6 Å². The Morgan fingerprint density at radius 1 is 1.10 bits per heavy atom. The van der Waals surface area contributed by atoms with Gasteiger partial charge in [0.05, 0.1) is 6.54 Å². The number of para-hydroxylation sites is 1. The first-order valence-electron chi connectivity index (χ1n) is 6.89. The van der Waals surface area contributed by atoms with Crippen LogP contribution in [-0.2, 0) is 22.6 Å². The molecule has 1 heterocycles. The van der Waals surface area contributed by atoms with Crippen LogP contribution < -0.4 is 10.6 Å².